The van der Waals surface area contributed by atoms with Crippen molar-refractivity contribution in [2.75, 3.05) is 18.5 Å². The molecule has 0 atom stereocenters. The van der Waals surface area contributed by atoms with Crippen molar-refractivity contribution in [3.8, 4) is 11.1 Å². The largest absolute Gasteiger partial charge is 0.456 e. The van der Waals surface area contributed by atoms with Crippen LogP contribution in [0.2, 0.25) is 0 Å². The van der Waals surface area contributed by atoms with Gasteiger partial charge in [-0.3, -0.25) is 14.4 Å². The fraction of sp³-hybridized carbons (Fsp3) is 0.160. The van der Waals surface area contributed by atoms with Gasteiger partial charge in [-0.05, 0) is 30.2 Å². The van der Waals surface area contributed by atoms with Gasteiger partial charge in [-0.2, -0.15) is 0 Å². The minimum atomic E-state index is -0.966. The van der Waals surface area contributed by atoms with Crippen molar-refractivity contribution in [3.63, 3.8) is 0 Å². The van der Waals surface area contributed by atoms with Crippen LogP contribution in [0.5, 0.6) is 0 Å². The molecule has 3 aromatic carbocycles. The zero-order valence-corrected chi connectivity index (χ0v) is 17.6. The van der Waals surface area contributed by atoms with E-state index < -0.39 is 36.0 Å². The van der Waals surface area contributed by atoms with Crippen molar-refractivity contribution >= 4 is 23.5 Å². The molecule has 3 rings (SSSR count). The highest BCUT2D eigenvalue weighted by Crippen LogP contribution is 2.27. The lowest BCUT2D eigenvalue weighted by Crippen LogP contribution is -2.26. The summed E-state index contributed by atoms with van der Waals surface area (Å²) in [5, 5.41) is 5.18. The average molecular weight is 452 g/mol. The third-order valence-corrected chi connectivity index (χ3v) is 4.67. The molecule has 8 heteroatoms. The first-order valence-corrected chi connectivity index (χ1v) is 10.3. The monoisotopic (exact) mass is 452 g/mol. The van der Waals surface area contributed by atoms with Crippen LogP contribution in [0.15, 0.2) is 72.8 Å². The van der Waals surface area contributed by atoms with Crippen LogP contribution >= 0.6 is 0 Å². The summed E-state index contributed by atoms with van der Waals surface area (Å²) in [5.41, 5.74) is 2.09. The molecular weight excluding hydrogens is 430 g/mol. The van der Waals surface area contributed by atoms with E-state index in [-0.39, 0.29) is 24.9 Å². The Morgan fingerprint density at radius 3 is 2.36 bits per heavy atom. The number of halogens is 2. The number of nitrogens with one attached hydrogen (secondary N) is 2. The minimum absolute atomic E-state index is 0.0416. The summed E-state index contributed by atoms with van der Waals surface area (Å²) < 4.78 is 31.5. The smallest absolute Gasteiger partial charge is 0.306 e. The summed E-state index contributed by atoms with van der Waals surface area (Å²) in [4.78, 5) is 36.0. The van der Waals surface area contributed by atoms with Gasteiger partial charge in [0.15, 0.2) is 6.61 Å². The number of anilines is 1. The summed E-state index contributed by atoms with van der Waals surface area (Å²) in [6.45, 7) is -0.365. The van der Waals surface area contributed by atoms with Crippen LogP contribution in [0, 0.1) is 11.6 Å². The first-order valence-electron chi connectivity index (χ1n) is 10.3. The van der Waals surface area contributed by atoms with E-state index in [4.69, 9.17) is 4.74 Å². The molecule has 0 spiro atoms. The molecule has 0 heterocycles. The summed E-state index contributed by atoms with van der Waals surface area (Å²) in [5.74, 6) is -3.54. The molecule has 0 radical (unpaired) electrons. The molecule has 2 amide bonds. The van der Waals surface area contributed by atoms with Gasteiger partial charge in [-0.1, -0.05) is 48.5 Å². The highest BCUT2D eigenvalue weighted by molar-refractivity contribution is 5.97. The van der Waals surface area contributed by atoms with Gasteiger partial charge in [-0.15, -0.1) is 0 Å². The number of carbonyl (C=O) groups excluding carboxylic acids is 3. The van der Waals surface area contributed by atoms with Crippen LogP contribution in [0.4, 0.5) is 14.5 Å². The number of benzene rings is 3. The molecule has 0 unspecified atom stereocenters. The maximum Gasteiger partial charge on any atom is 0.306 e. The second-order valence-corrected chi connectivity index (χ2v) is 7.10. The third kappa shape index (κ3) is 6.96. The van der Waals surface area contributed by atoms with Crippen molar-refractivity contribution in [2.45, 2.75) is 12.8 Å². The van der Waals surface area contributed by atoms with E-state index in [1.807, 2.05) is 42.5 Å². The van der Waals surface area contributed by atoms with Gasteiger partial charge < -0.3 is 15.4 Å². The second-order valence-electron chi connectivity index (χ2n) is 7.10. The zero-order valence-electron chi connectivity index (χ0n) is 17.6. The molecule has 0 aliphatic rings. The SMILES string of the molecule is O=C(COC(=O)CCCNC(=O)c1ccc(F)cc1F)Nc1ccccc1-c1ccccc1. The Balaban J connectivity index is 1.40. The quantitative estimate of drug-likeness (QED) is 0.374. The first kappa shape index (κ1) is 23.6. The van der Waals surface area contributed by atoms with E-state index in [2.05, 4.69) is 10.6 Å². The van der Waals surface area contributed by atoms with Gasteiger partial charge in [-0.25, -0.2) is 8.78 Å². The second kappa shape index (κ2) is 11.5. The van der Waals surface area contributed by atoms with Crippen LogP contribution in [0.25, 0.3) is 11.1 Å². The van der Waals surface area contributed by atoms with Crippen molar-refractivity contribution in [1.29, 1.82) is 0 Å². The molecule has 0 aliphatic carbocycles. The van der Waals surface area contributed by atoms with E-state index in [1.54, 1.807) is 12.1 Å². The van der Waals surface area contributed by atoms with Crippen LogP contribution in [-0.2, 0) is 14.3 Å². The Bertz CT molecular complexity index is 1140. The van der Waals surface area contributed by atoms with E-state index in [9.17, 15) is 23.2 Å². The van der Waals surface area contributed by atoms with E-state index in [1.165, 1.54) is 0 Å². The molecule has 0 fully saturated rings. The Hall–Kier alpha value is -4.07. The summed E-state index contributed by atoms with van der Waals surface area (Å²) in [7, 11) is 0. The third-order valence-electron chi connectivity index (χ3n) is 4.67. The highest BCUT2D eigenvalue weighted by atomic mass is 19.1. The predicted molar refractivity (Wildman–Crippen MR) is 119 cm³/mol. The molecular formula is C25H22F2N2O4. The number of hydrogen-bond acceptors (Lipinski definition) is 4. The van der Waals surface area contributed by atoms with Gasteiger partial charge in [0.2, 0.25) is 0 Å². The van der Waals surface area contributed by atoms with Gasteiger partial charge in [0, 0.05) is 30.3 Å². The van der Waals surface area contributed by atoms with Gasteiger partial charge in [0.1, 0.15) is 11.6 Å². The number of amides is 2. The van der Waals surface area contributed by atoms with Crippen molar-refractivity contribution in [2.24, 2.45) is 0 Å². The highest BCUT2D eigenvalue weighted by Gasteiger charge is 2.13. The minimum Gasteiger partial charge on any atom is -0.456 e. The first-order chi connectivity index (χ1) is 15.9. The van der Waals surface area contributed by atoms with Crippen LogP contribution < -0.4 is 10.6 Å². The Morgan fingerprint density at radius 2 is 1.61 bits per heavy atom. The lowest BCUT2D eigenvalue weighted by Gasteiger charge is -2.11. The number of para-hydroxylation sites is 1. The van der Waals surface area contributed by atoms with Crippen molar-refractivity contribution in [3.05, 3.63) is 90.0 Å². The molecule has 2 N–H and O–H groups in total. The predicted octanol–water partition coefficient (Wildman–Crippen LogP) is 4.32. The van der Waals surface area contributed by atoms with Crippen molar-refractivity contribution < 1.29 is 27.9 Å². The van der Waals surface area contributed by atoms with Crippen LogP contribution in [-0.4, -0.2) is 30.9 Å². The molecule has 170 valence electrons. The van der Waals surface area contributed by atoms with Gasteiger partial charge >= 0.3 is 5.97 Å². The zero-order chi connectivity index (χ0) is 23.6. The van der Waals surface area contributed by atoms with Gasteiger partial charge in [0.05, 0.1) is 5.56 Å². The molecule has 0 aromatic heterocycles. The molecule has 0 saturated carbocycles. The van der Waals surface area contributed by atoms with Crippen LogP contribution in [0.3, 0.4) is 0 Å². The number of ether oxygens (including phenoxy) is 1. The fourth-order valence-electron chi connectivity index (χ4n) is 3.07. The molecule has 33 heavy (non-hydrogen) atoms. The number of carbonyl (C=O) groups is 3. The number of rotatable bonds is 9. The normalized spacial score (nSPS) is 10.4. The van der Waals surface area contributed by atoms with E-state index >= 15 is 0 Å². The van der Waals surface area contributed by atoms with Gasteiger partial charge in [0.25, 0.3) is 11.8 Å². The lowest BCUT2D eigenvalue weighted by molar-refractivity contribution is -0.147. The van der Waals surface area contributed by atoms with E-state index in [0.717, 1.165) is 23.3 Å². The maximum absolute atomic E-state index is 13.6. The summed E-state index contributed by atoms with van der Waals surface area (Å²) in [6.07, 6.45) is 0.186. The molecule has 3 aromatic rings. The molecule has 0 bridgehead atoms. The summed E-state index contributed by atoms with van der Waals surface area (Å²) >= 11 is 0. The number of esters is 1. The van der Waals surface area contributed by atoms with Crippen molar-refractivity contribution in [1.82, 2.24) is 5.32 Å². The Morgan fingerprint density at radius 1 is 0.879 bits per heavy atom. The topological polar surface area (TPSA) is 84.5 Å². The molecule has 0 saturated heterocycles. The fourth-order valence-corrected chi connectivity index (χ4v) is 3.07. The molecule has 0 aliphatic heterocycles. The number of hydrogen-bond donors (Lipinski definition) is 2. The maximum atomic E-state index is 13.6. The van der Waals surface area contributed by atoms with E-state index in [0.29, 0.717) is 11.8 Å². The van der Waals surface area contributed by atoms with Crippen LogP contribution in [0.1, 0.15) is 23.2 Å². The molecule has 6 nitrogen and oxygen atoms in total. The summed E-state index contributed by atoms with van der Waals surface area (Å²) in [6, 6.07) is 19.5. The Labute approximate surface area is 189 Å². The lowest BCUT2D eigenvalue weighted by atomic mass is 10.0. The Kier molecular flexibility index (Phi) is 8.24. The average Bonchev–Trinajstić information content (AvgIpc) is 2.81. The standard InChI is InChI=1S/C25H22F2N2O4/c26-18-12-13-20(21(27)15-18)25(32)28-14-6-11-24(31)33-16-23(30)29-22-10-5-4-9-19(22)17-7-2-1-3-8-17/h1-5,7-10,12-13,15H,6,11,14,16H2,(H,28,32)(H,29,30).